The molecule has 0 aliphatic carbocycles. The first-order valence-corrected chi connectivity index (χ1v) is 5.59. The average Bonchev–Trinajstić information content (AvgIpc) is 2.16. The standard InChI is InChI=1S/C8H7Br2F2NO/c1-14-8-5(7(11)12)2-4(3-9)6(10)13-8/h2,7H,3H2,1H3. The molecule has 0 bridgehead atoms. The Bertz CT molecular complexity index is 333. The average molecular weight is 331 g/mol. The van der Waals surface area contributed by atoms with Crippen LogP contribution in [0.2, 0.25) is 0 Å². The van der Waals surface area contributed by atoms with Crippen LogP contribution in [0.15, 0.2) is 10.7 Å². The van der Waals surface area contributed by atoms with Gasteiger partial charge in [-0.15, -0.1) is 0 Å². The summed E-state index contributed by atoms with van der Waals surface area (Å²) in [6, 6.07) is 1.37. The van der Waals surface area contributed by atoms with E-state index in [-0.39, 0.29) is 11.4 Å². The molecule has 0 radical (unpaired) electrons. The highest BCUT2D eigenvalue weighted by atomic mass is 79.9. The molecule has 1 aromatic heterocycles. The van der Waals surface area contributed by atoms with Crippen molar-refractivity contribution in [3.05, 3.63) is 21.8 Å². The Balaban J connectivity index is 3.25. The van der Waals surface area contributed by atoms with Gasteiger partial charge < -0.3 is 4.74 Å². The van der Waals surface area contributed by atoms with Gasteiger partial charge in [-0.1, -0.05) is 15.9 Å². The van der Waals surface area contributed by atoms with Gasteiger partial charge in [0, 0.05) is 5.33 Å². The van der Waals surface area contributed by atoms with Gasteiger partial charge >= 0.3 is 0 Å². The molecule has 14 heavy (non-hydrogen) atoms. The summed E-state index contributed by atoms with van der Waals surface area (Å²) in [6.07, 6.45) is -2.58. The van der Waals surface area contributed by atoms with Crippen molar-refractivity contribution >= 4 is 31.9 Å². The molecule has 0 fully saturated rings. The van der Waals surface area contributed by atoms with Crippen LogP contribution in [0, 0.1) is 0 Å². The Kier molecular flexibility index (Phi) is 4.25. The zero-order valence-corrected chi connectivity index (χ0v) is 10.4. The Labute approximate surface area is 96.9 Å². The van der Waals surface area contributed by atoms with Crippen molar-refractivity contribution in [2.45, 2.75) is 11.8 Å². The van der Waals surface area contributed by atoms with Crippen LogP contribution in [0.1, 0.15) is 17.6 Å². The minimum absolute atomic E-state index is 0.0448. The van der Waals surface area contributed by atoms with Crippen LogP contribution in [-0.4, -0.2) is 12.1 Å². The van der Waals surface area contributed by atoms with Crippen LogP contribution in [0.25, 0.3) is 0 Å². The molecule has 0 amide bonds. The van der Waals surface area contributed by atoms with E-state index >= 15 is 0 Å². The first-order valence-electron chi connectivity index (χ1n) is 3.67. The fourth-order valence-corrected chi connectivity index (χ4v) is 2.17. The van der Waals surface area contributed by atoms with Gasteiger partial charge in [-0.05, 0) is 27.6 Å². The molecule has 0 atom stereocenters. The minimum Gasteiger partial charge on any atom is -0.481 e. The maximum absolute atomic E-state index is 12.5. The first-order chi connectivity index (χ1) is 6.60. The smallest absolute Gasteiger partial charge is 0.269 e. The van der Waals surface area contributed by atoms with E-state index in [2.05, 4.69) is 36.8 Å². The molecule has 0 N–H and O–H groups in total. The largest absolute Gasteiger partial charge is 0.481 e. The van der Waals surface area contributed by atoms with Gasteiger partial charge in [0.1, 0.15) is 4.60 Å². The lowest BCUT2D eigenvalue weighted by Gasteiger charge is -2.09. The predicted octanol–water partition coefficient (Wildman–Crippen LogP) is 3.69. The SMILES string of the molecule is COc1nc(Br)c(CBr)cc1C(F)F. The van der Waals surface area contributed by atoms with Gasteiger partial charge in [0.15, 0.2) is 0 Å². The molecular weight excluding hydrogens is 324 g/mol. The second-order valence-corrected chi connectivity index (χ2v) is 3.78. The summed E-state index contributed by atoms with van der Waals surface area (Å²) in [5.41, 5.74) is 0.478. The molecule has 0 spiro atoms. The number of hydrogen-bond acceptors (Lipinski definition) is 2. The highest BCUT2D eigenvalue weighted by Crippen LogP contribution is 2.31. The van der Waals surface area contributed by atoms with Crippen molar-refractivity contribution in [2.75, 3.05) is 7.11 Å². The van der Waals surface area contributed by atoms with E-state index in [1.807, 2.05) is 0 Å². The molecule has 1 aromatic rings. The molecule has 6 heteroatoms. The fraction of sp³-hybridized carbons (Fsp3) is 0.375. The van der Waals surface area contributed by atoms with Crippen LogP contribution < -0.4 is 4.74 Å². The molecule has 0 unspecified atom stereocenters. The third-order valence-corrected chi connectivity index (χ3v) is 2.90. The van der Waals surface area contributed by atoms with Gasteiger partial charge in [-0.25, -0.2) is 13.8 Å². The first kappa shape index (κ1) is 11.8. The summed E-state index contributed by atoms with van der Waals surface area (Å²) < 4.78 is 30.3. The van der Waals surface area contributed by atoms with Gasteiger partial charge in [0.05, 0.1) is 12.7 Å². The monoisotopic (exact) mass is 329 g/mol. The van der Waals surface area contributed by atoms with Crippen molar-refractivity contribution < 1.29 is 13.5 Å². The number of aromatic nitrogens is 1. The maximum atomic E-state index is 12.5. The van der Waals surface area contributed by atoms with Gasteiger partial charge in [0.25, 0.3) is 6.43 Å². The predicted molar refractivity (Wildman–Crippen MR) is 56.1 cm³/mol. The van der Waals surface area contributed by atoms with E-state index in [1.54, 1.807) is 0 Å². The maximum Gasteiger partial charge on any atom is 0.269 e. The highest BCUT2D eigenvalue weighted by Gasteiger charge is 2.17. The Morgan fingerprint density at radius 3 is 2.64 bits per heavy atom. The van der Waals surface area contributed by atoms with Crippen LogP contribution in [0.3, 0.4) is 0 Å². The van der Waals surface area contributed by atoms with Crippen molar-refractivity contribution in [2.24, 2.45) is 0 Å². The number of ether oxygens (including phenoxy) is 1. The quantitative estimate of drug-likeness (QED) is 0.623. The molecule has 2 nitrogen and oxygen atoms in total. The summed E-state index contributed by atoms with van der Waals surface area (Å²) in [5.74, 6) is -0.0448. The topological polar surface area (TPSA) is 22.1 Å². The number of methoxy groups -OCH3 is 1. The summed E-state index contributed by atoms with van der Waals surface area (Å²) in [6.45, 7) is 0. The van der Waals surface area contributed by atoms with E-state index in [0.717, 1.165) is 0 Å². The second kappa shape index (κ2) is 5.02. The number of hydrogen-bond donors (Lipinski definition) is 0. The number of nitrogens with zero attached hydrogens (tertiary/aromatic N) is 1. The van der Waals surface area contributed by atoms with Crippen LogP contribution in [-0.2, 0) is 5.33 Å². The van der Waals surface area contributed by atoms with Gasteiger partial charge in [0.2, 0.25) is 5.88 Å². The number of pyridine rings is 1. The van der Waals surface area contributed by atoms with E-state index in [1.165, 1.54) is 13.2 Å². The molecule has 78 valence electrons. The third kappa shape index (κ3) is 2.42. The Morgan fingerprint density at radius 1 is 1.57 bits per heavy atom. The fourth-order valence-electron chi connectivity index (χ4n) is 0.948. The summed E-state index contributed by atoms with van der Waals surface area (Å²) >= 11 is 6.35. The number of rotatable bonds is 3. The summed E-state index contributed by atoms with van der Waals surface area (Å²) in [5, 5.41) is 0.463. The molecule has 0 aliphatic rings. The normalized spacial score (nSPS) is 10.7. The second-order valence-electron chi connectivity index (χ2n) is 2.47. The molecule has 0 saturated heterocycles. The molecule has 0 aliphatic heterocycles. The van der Waals surface area contributed by atoms with Crippen molar-refractivity contribution in [1.82, 2.24) is 4.98 Å². The molecule has 0 aromatic carbocycles. The molecule has 1 rings (SSSR count). The zero-order valence-electron chi connectivity index (χ0n) is 7.23. The van der Waals surface area contributed by atoms with E-state index in [4.69, 9.17) is 4.74 Å². The summed E-state index contributed by atoms with van der Waals surface area (Å²) in [7, 11) is 1.31. The van der Waals surface area contributed by atoms with Gasteiger partial charge in [-0.2, -0.15) is 0 Å². The number of alkyl halides is 3. The van der Waals surface area contributed by atoms with Crippen LogP contribution in [0.5, 0.6) is 5.88 Å². The highest BCUT2D eigenvalue weighted by molar-refractivity contribution is 9.10. The molecule has 1 heterocycles. The van der Waals surface area contributed by atoms with Crippen LogP contribution in [0.4, 0.5) is 8.78 Å². The van der Waals surface area contributed by atoms with Crippen molar-refractivity contribution in [3.8, 4) is 5.88 Å². The lowest BCUT2D eigenvalue weighted by Crippen LogP contribution is -1.98. The molecular formula is C8H7Br2F2NO. The molecule has 0 saturated carbocycles. The Morgan fingerprint density at radius 2 is 2.21 bits per heavy atom. The third-order valence-electron chi connectivity index (χ3n) is 1.61. The van der Waals surface area contributed by atoms with Crippen molar-refractivity contribution in [1.29, 1.82) is 0 Å². The van der Waals surface area contributed by atoms with Gasteiger partial charge in [-0.3, -0.25) is 0 Å². The van der Waals surface area contributed by atoms with E-state index < -0.39 is 6.43 Å². The minimum atomic E-state index is -2.58. The number of halogens is 4. The van der Waals surface area contributed by atoms with Crippen molar-refractivity contribution in [3.63, 3.8) is 0 Å². The lowest BCUT2D eigenvalue weighted by atomic mass is 10.2. The summed E-state index contributed by atoms with van der Waals surface area (Å²) in [4.78, 5) is 3.87. The van der Waals surface area contributed by atoms with Crippen LogP contribution >= 0.6 is 31.9 Å². The Hall–Kier alpha value is -0.230. The van der Waals surface area contributed by atoms with E-state index in [0.29, 0.717) is 15.5 Å². The lowest BCUT2D eigenvalue weighted by molar-refractivity contribution is 0.146. The van der Waals surface area contributed by atoms with E-state index in [9.17, 15) is 8.78 Å². The zero-order chi connectivity index (χ0) is 10.7.